The molecule has 2 fully saturated rings. The van der Waals surface area contributed by atoms with Crippen LogP contribution in [0.25, 0.3) is 0 Å². The van der Waals surface area contributed by atoms with Crippen LogP contribution in [0, 0.1) is 17.8 Å². The molecule has 0 spiro atoms. The van der Waals surface area contributed by atoms with Crippen LogP contribution in [0.1, 0.15) is 45.4 Å². The van der Waals surface area contributed by atoms with Crippen molar-refractivity contribution in [1.29, 1.82) is 0 Å². The number of hydrazone groups is 1. The fraction of sp³-hybridized carbons (Fsp3) is 0.579. The Morgan fingerprint density at radius 3 is 2.84 bits per heavy atom. The average Bonchev–Trinajstić information content (AvgIpc) is 3.21. The van der Waals surface area contributed by atoms with Crippen molar-refractivity contribution < 1.29 is 9.53 Å². The van der Waals surface area contributed by atoms with Gasteiger partial charge in [0.15, 0.2) is 0 Å². The normalized spacial score (nSPS) is 25.2. The lowest BCUT2D eigenvalue weighted by atomic mass is 9.86. The summed E-state index contributed by atoms with van der Waals surface area (Å²) in [7, 11) is 0. The fourth-order valence-corrected chi connectivity index (χ4v) is 4.52. The molecule has 1 aromatic carbocycles. The second-order valence-electron chi connectivity index (χ2n) is 7.10. The largest absolute Gasteiger partial charge is 0.492 e. The first-order valence-electron chi connectivity index (χ1n) is 8.94. The Morgan fingerprint density at radius 1 is 1.32 bits per heavy atom. The molecule has 1 aromatic rings. The van der Waals surface area contributed by atoms with Crippen molar-refractivity contribution in [2.75, 3.05) is 6.61 Å². The molecule has 0 unspecified atom stereocenters. The second kappa shape index (κ2) is 8.41. The van der Waals surface area contributed by atoms with Gasteiger partial charge in [0.2, 0.25) is 5.91 Å². The van der Waals surface area contributed by atoms with E-state index < -0.39 is 0 Å². The van der Waals surface area contributed by atoms with Crippen LogP contribution >= 0.6 is 23.2 Å². The molecule has 2 aliphatic rings. The van der Waals surface area contributed by atoms with Gasteiger partial charge in [0.05, 0.1) is 11.6 Å². The molecule has 0 saturated heterocycles. The number of rotatable bonds is 7. The summed E-state index contributed by atoms with van der Waals surface area (Å²) in [6.07, 6.45) is 6.26. The maximum Gasteiger partial charge on any atom is 0.240 e. The van der Waals surface area contributed by atoms with E-state index in [-0.39, 0.29) is 5.91 Å². The first-order valence-corrected chi connectivity index (χ1v) is 9.69. The summed E-state index contributed by atoms with van der Waals surface area (Å²) in [6.45, 7) is 2.46. The molecule has 136 valence electrons. The molecule has 3 atom stereocenters. The minimum Gasteiger partial charge on any atom is -0.492 e. The van der Waals surface area contributed by atoms with E-state index in [0.717, 1.165) is 17.5 Å². The zero-order chi connectivity index (χ0) is 17.8. The monoisotopic (exact) mass is 382 g/mol. The number of nitrogens with zero attached hydrogens (tertiary/aromatic N) is 1. The average molecular weight is 383 g/mol. The number of ether oxygens (including phenoxy) is 1. The number of fused-ring (bicyclic) bond motifs is 2. The van der Waals surface area contributed by atoms with Gasteiger partial charge in [-0.25, -0.2) is 5.43 Å². The van der Waals surface area contributed by atoms with Crippen LogP contribution in [-0.2, 0) is 4.79 Å². The van der Waals surface area contributed by atoms with Gasteiger partial charge in [-0.2, -0.15) is 5.10 Å². The maximum atomic E-state index is 11.9. The Bertz CT molecular complexity index is 663. The number of hydrogen-bond donors (Lipinski definition) is 1. The van der Waals surface area contributed by atoms with Gasteiger partial charge in [0.25, 0.3) is 0 Å². The SMILES string of the molecule is C/C(=N/NC(=O)CCCOc1ccc(Cl)cc1Cl)[C@@H]1C[C@H]2CC[C@H]1C2. The van der Waals surface area contributed by atoms with Gasteiger partial charge in [-0.1, -0.05) is 29.6 Å². The molecular formula is C19H24Cl2N2O2. The molecule has 2 aliphatic carbocycles. The molecule has 1 amide bonds. The first-order chi connectivity index (χ1) is 12.0. The summed E-state index contributed by atoms with van der Waals surface area (Å²) >= 11 is 11.9. The Hall–Kier alpha value is -1.26. The van der Waals surface area contributed by atoms with Crippen LogP contribution in [0.5, 0.6) is 5.75 Å². The Morgan fingerprint density at radius 2 is 2.16 bits per heavy atom. The van der Waals surface area contributed by atoms with Crippen molar-refractivity contribution in [1.82, 2.24) is 5.43 Å². The Labute approximate surface area is 158 Å². The molecule has 25 heavy (non-hydrogen) atoms. The van der Waals surface area contributed by atoms with Gasteiger partial charge in [0, 0.05) is 23.1 Å². The number of carbonyl (C=O) groups is 1. The van der Waals surface area contributed by atoms with Gasteiger partial charge in [-0.3, -0.25) is 4.79 Å². The number of hydrogen-bond acceptors (Lipinski definition) is 3. The lowest BCUT2D eigenvalue weighted by Crippen LogP contribution is -2.24. The van der Waals surface area contributed by atoms with E-state index in [1.54, 1.807) is 18.2 Å². The van der Waals surface area contributed by atoms with Crippen molar-refractivity contribution in [2.24, 2.45) is 22.9 Å². The molecule has 0 aromatic heterocycles. The first kappa shape index (κ1) is 18.5. The lowest BCUT2D eigenvalue weighted by Gasteiger charge is -2.21. The maximum absolute atomic E-state index is 11.9. The zero-order valence-electron chi connectivity index (χ0n) is 14.4. The molecule has 6 heteroatoms. The minimum absolute atomic E-state index is 0.0756. The topological polar surface area (TPSA) is 50.7 Å². The summed E-state index contributed by atoms with van der Waals surface area (Å²) in [5.74, 6) is 2.73. The van der Waals surface area contributed by atoms with Crippen molar-refractivity contribution in [3.05, 3.63) is 28.2 Å². The molecule has 0 radical (unpaired) electrons. The van der Waals surface area contributed by atoms with E-state index >= 15 is 0 Å². The predicted molar refractivity (Wildman–Crippen MR) is 101 cm³/mol. The van der Waals surface area contributed by atoms with Crippen molar-refractivity contribution >= 4 is 34.8 Å². The third-order valence-electron chi connectivity index (χ3n) is 5.33. The molecule has 4 nitrogen and oxygen atoms in total. The molecule has 0 heterocycles. The fourth-order valence-electron chi connectivity index (χ4n) is 4.05. The zero-order valence-corrected chi connectivity index (χ0v) is 15.9. The highest BCUT2D eigenvalue weighted by molar-refractivity contribution is 6.35. The number of halogens is 2. The predicted octanol–water partition coefficient (Wildman–Crippen LogP) is 5.08. The van der Waals surface area contributed by atoms with Crippen LogP contribution < -0.4 is 10.2 Å². The standard InChI is InChI=1S/C19H24Cl2N2O2/c1-12(16-10-13-4-5-14(16)9-13)22-23-19(24)3-2-8-25-18-7-6-15(20)11-17(18)21/h6-7,11,13-14,16H,2-5,8-10H2,1H3,(H,23,24)/b22-12-/t13-,14-,16-/m0/s1. The molecule has 0 aliphatic heterocycles. The van der Waals surface area contributed by atoms with E-state index in [2.05, 4.69) is 10.5 Å². The number of carbonyl (C=O) groups excluding carboxylic acids is 1. The van der Waals surface area contributed by atoms with Gasteiger partial charge < -0.3 is 4.74 Å². The van der Waals surface area contributed by atoms with E-state index in [1.165, 1.54) is 25.7 Å². The second-order valence-corrected chi connectivity index (χ2v) is 7.94. The van der Waals surface area contributed by atoms with Crippen LogP contribution in [-0.4, -0.2) is 18.2 Å². The summed E-state index contributed by atoms with van der Waals surface area (Å²) in [5, 5.41) is 5.37. The summed E-state index contributed by atoms with van der Waals surface area (Å²) in [5.41, 5.74) is 3.76. The highest BCUT2D eigenvalue weighted by atomic mass is 35.5. The smallest absolute Gasteiger partial charge is 0.240 e. The molecule has 3 rings (SSSR count). The van der Waals surface area contributed by atoms with Crippen LogP contribution in [0.4, 0.5) is 0 Å². The molecule has 1 N–H and O–H groups in total. The quantitative estimate of drug-likeness (QED) is 0.406. The highest BCUT2D eigenvalue weighted by Gasteiger charge is 2.40. The van der Waals surface area contributed by atoms with E-state index in [0.29, 0.717) is 41.2 Å². The van der Waals surface area contributed by atoms with E-state index in [4.69, 9.17) is 27.9 Å². The summed E-state index contributed by atoms with van der Waals surface area (Å²) in [4.78, 5) is 11.9. The van der Waals surface area contributed by atoms with Crippen molar-refractivity contribution in [3.63, 3.8) is 0 Å². The summed E-state index contributed by atoms with van der Waals surface area (Å²) < 4.78 is 5.58. The van der Waals surface area contributed by atoms with Gasteiger partial charge in [-0.05, 0) is 62.6 Å². The van der Waals surface area contributed by atoms with Crippen LogP contribution in [0.3, 0.4) is 0 Å². The van der Waals surface area contributed by atoms with Crippen LogP contribution in [0.15, 0.2) is 23.3 Å². The molecule has 2 saturated carbocycles. The van der Waals surface area contributed by atoms with Gasteiger partial charge in [0.1, 0.15) is 5.75 Å². The van der Waals surface area contributed by atoms with E-state index in [1.807, 2.05) is 6.92 Å². The lowest BCUT2D eigenvalue weighted by molar-refractivity contribution is -0.121. The highest BCUT2D eigenvalue weighted by Crippen LogP contribution is 2.48. The third kappa shape index (κ3) is 4.89. The number of nitrogens with one attached hydrogen (secondary N) is 1. The number of benzene rings is 1. The number of amides is 1. The minimum atomic E-state index is -0.0756. The van der Waals surface area contributed by atoms with Crippen molar-refractivity contribution in [2.45, 2.75) is 45.4 Å². The molecule has 2 bridgehead atoms. The van der Waals surface area contributed by atoms with Gasteiger partial charge in [-0.15, -0.1) is 0 Å². The Kier molecular flexibility index (Phi) is 6.24. The summed E-state index contributed by atoms with van der Waals surface area (Å²) in [6, 6.07) is 5.09. The van der Waals surface area contributed by atoms with Gasteiger partial charge >= 0.3 is 0 Å². The van der Waals surface area contributed by atoms with Crippen molar-refractivity contribution in [3.8, 4) is 5.75 Å². The molecular weight excluding hydrogens is 359 g/mol. The third-order valence-corrected chi connectivity index (χ3v) is 5.86. The Balaban J connectivity index is 1.36. The van der Waals surface area contributed by atoms with Crippen LogP contribution in [0.2, 0.25) is 10.0 Å². The van der Waals surface area contributed by atoms with E-state index in [9.17, 15) is 4.79 Å².